The first kappa shape index (κ1) is 11.6. The number of nitrogens with zero attached hydrogens (tertiary/aromatic N) is 1. The van der Waals surface area contributed by atoms with E-state index in [0.29, 0.717) is 17.5 Å². The summed E-state index contributed by atoms with van der Waals surface area (Å²) in [6, 6.07) is 5.56. The highest BCUT2D eigenvalue weighted by atomic mass is 79.9. The van der Waals surface area contributed by atoms with Crippen LogP contribution in [-0.2, 0) is 13.0 Å². The molecule has 3 rings (SSSR count). The standard InChI is InChI=1S/C13H11BrN2O2/c14-7-1-2-10-8(5-7)12(13(17)18)9-6-15-4-3-11(9)16-10/h1-2,5,15H,3-4,6H2,(H,17,18). The van der Waals surface area contributed by atoms with E-state index in [-0.39, 0.29) is 0 Å². The molecule has 92 valence electrons. The van der Waals surface area contributed by atoms with Crippen molar-refractivity contribution in [2.75, 3.05) is 6.54 Å². The summed E-state index contributed by atoms with van der Waals surface area (Å²) in [4.78, 5) is 16.1. The minimum Gasteiger partial charge on any atom is -0.478 e. The molecule has 1 aromatic carbocycles. The molecule has 2 aromatic rings. The summed E-state index contributed by atoms with van der Waals surface area (Å²) in [5.74, 6) is -0.888. The van der Waals surface area contributed by atoms with Crippen molar-refractivity contribution in [3.8, 4) is 0 Å². The molecule has 0 saturated heterocycles. The lowest BCUT2D eigenvalue weighted by Gasteiger charge is -2.19. The van der Waals surface area contributed by atoms with Gasteiger partial charge in [-0.25, -0.2) is 4.79 Å². The molecule has 0 fully saturated rings. The molecule has 1 aliphatic heterocycles. The molecule has 1 aliphatic rings. The Labute approximate surface area is 112 Å². The van der Waals surface area contributed by atoms with Gasteiger partial charge in [0.2, 0.25) is 0 Å². The highest BCUT2D eigenvalue weighted by Crippen LogP contribution is 2.28. The van der Waals surface area contributed by atoms with Gasteiger partial charge < -0.3 is 10.4 Å². The van der Waals surface area contributed by atoms with Crippen LogP contribution in [-0.4, -0.2) is 22.6 Å². The highest BCUT2D eigenvalue weighted by Gasteiger charge is 2.21. The van der Waals surface area contributed by atoms with E-state index in [9.17, 15) is 9.90 Å². The van der Waals surface area contributed by atoms with Crippen LogP contribution in [0, 0.1) is 0 Å². The Kier molecular flexibility index (Phi) is 2.80. The summed E-state index contributed by atoms with van der Waals surface area (Å²) in [5.41, 5.74) is 2.85. The van der Waals surface area contributed by atoms with E-state index < -0.39 is 5.97 Å². The summed E-state index contributed by atoms with van der Waals surface area (Å²) in [7, 11) is 0. The van der Waals surface area contributed by atoms with Crippen molar-refractivity contribution in [1.29, 1.82) is 0 Å². The molecule has 0 bridgehead atoms. The second-order valence-electron chi connectivity index (χ2n) is 4.31. The zero-order chi connectivity index (χ0) is 12.7. The number of fused-ring (bicyclic) bond motifs is 2. The van der Waals surface area contributed by atoms with Crippen LogP contribution in [0.25, 0.3) is 10.9 Å². The number of carboxylic acids is 1. The molecule has 0 aliphatic carbocycles. The summed E-state index contributed by atoms with van der Waals surface area (Å²) < 4.78 is 0.864. The van der Waals surface area contributed by atoms with Crippen LogP contribution in [0.4, 0.5) is 0 Å². The fourth-order valence-corrected chi connectivity index (χ4v) is 2.75. The summed E-state index contributed by atoms with van der Waals surface area (Å²) >= 11 is 3.38. The van der Waals surface area contributed by atoms with Crippen LogP contribution in [0.15, 0.2) is 22.7 Å². The first-order chi connectivity index (χ1) is 8.66. The van der Waals surface area contributed by atoms with Crippen molar-refractivity contribution >= 4 is 32.8 Å². The predicted octanol–water partition coefficient (Wildman–Crippen LogP) is 2.34. The number of carbonyl (C=O) groups is 1. The van der Waals surface area contributed by atoms with Gasteiger partial charge >= 0.3 is 5.97 Å². The molecular formula is C13H11BrN2O2. The molecule has 2 N–H and O–H groups in total. The zero-order valence-corrected chi connectivity index (χ0v) is 11.1. The third-order valence-electron chi connectivity index (χ3n) is 3.19. The van der Waals surface area contributed by atoms with Gasteiger partial charge in [0.25, 0.3) is 0 Å². The topological polar surface area (TPSA) is 62.2 Å². The monoisotopic (exact) mass is 306 g/mol. The first-order valence-corrected chi connectivity index (χ1v) is 6.51. The Morgan fingerprint density at radius 3 is 3.06 bits per heavy atom. The summed E-state index contributed by atoms with van der Waals surface area (Å²) in [6.07, 6.45) is 0.779. The molecule has 0 atom stereocenters. The van der Waals surface area contributed by atoms with Gasteiger partial charge in [-0.15, -0.1) is 0 Å². The molecule has 1 aromatic heterocycles. The fourth-order valence-electron chi connectivity index (χ4n) is 2.39. The van der Waals surface area contributed by atoms with Crippen LogP contribution in [0.2, 0.25) is 0 Å². The molecular weight excluding hydrogens is 296 g/mol. The number of aromatic nitrogens is 1. The maximum absolute atomic E-state index is 11.5. The number of pyridine rings is 1. The minimum absolute atomic E-state index is 0.378. The van der Waals surface area contributed by atoms with Crippen LogP contribution in [0.3, 0.4) is 0 Å². The number of benzene rings is 1. The SMILES string of the molecule is O=C(O)c1c2c(nc3ccc(Br)cc13)CCNC2. The number of rotatable bonds is 1. The Morgan fingerprint density at radius 2 is 2.28 bits per heavy atom. The molecule has 2 heterocycles. The number of aromatic carboxylic acids is 1. The van der Waals surface area contributed by atoms with Crippen LogP contribution in [0.1, 0.15) is 21.6 Å². The Hall–Kier alpha value is -1.46. The first-order valence-electron chi connectivity index (χ1n) is 5.72. The van der Waals surface area contributed by atoms with Gasteiger partial charge in [0.1, 0.15) is 0 Å². The van der Waals surface area contributed by atoms with Gasteiger partial charge in [-0.05, 0) is 18.2 Å². The number of nitrogens with one attached hydrogen (secondary N) is 1. The number of hydrogen-bond acceptors (Lipinski definition) is 3. The van der Waals surface area contributed by atoms with Gasteiger partial charge in [0.05, 0.1) is 11.1 Å². The van der Waals surface area contributed by atoms with Gasteiger partial charge in [-0.3, -0.25) is 4.98 Å². The zero-order valence-electron chi connectivity index (χ0n) is 9.53. The van der Waals surface area contributed by atoms with E-state index in [4.69, 9.17) is 0 Å². The smallest absolute Gasteiger partial charge is 0.336 e. The lowest BCUT2D eigenvalue weighted by Crippen LogP contribution is -2.27. The van der Waals surface area contributed by atoms with Gasteiger partial charge in [0, 0.05) is 40.6 Å². The summed E-state index contributed by atoms with van der Waals surface area (Å²) in [5, 5.41) is 13.4. The van der Waals surface area contributed by atoms with E-state index in [1.54, 1.807) is 0 Å². The van der Waals surface area contributed by atoms with Gasteiger partial charge in [-0.2, -0.15) is 0 Å². The van der Waals surface area contributed by atoms with Gasteiger partial charge in [-0.1, -0.05) is 15.9 Å². The highest BCUT2D eigenvalue weighted by molar-refractivity contribution is 9.10. The largest absolute Gasteiger partial charge is 0.478 e. The second-order valence-corrected chi connectivity index (χ2v) is 5.22. The lowest BCUT2D eigenvalue weighted by atomic mass is 9.97. The van der Waals surface area contributed by atoms with E-state index in [1.807, 2.05) is 18.2 Å². The number of hydrogen-bond donors (Lipinski definition) is 2. The number of halogens is 1. The molecule has 0 amide bonds. The Balaban J connectivity index is 2.41. The maximum Gasteiger partial charge on any atom is 0.336 e. The van der Waals surface area contributed by atoms with Gasteiger partial charge in [0.15, 0.2) is 0 Å². The average molecular weight is 307 g/mol. The number of carboxylic acid groups (broad SMARTS) is 1. The molecule has 0 saturated carbocycles. The molecule has 0 unspecified atom stereocenters. The van der Waals surface area contributed by atoms with Crippen molar-refractivity contribution in [2.45, 2.75) is 13.0 Å². The van der Waals surface area contributed by atoms with Crippen molar-refractivity contribution in [1.82, 2.24) is 10.3 Å². The van der Waals surface area contributed by atoms with Crippen molar-refractivity contribution in [2.24, 2.45) is 0 Å². The maximum atomic E-state index is 11.5. The van der Waals surface area contributed by atoms with Crippen molar-refractivity contribution in [3.63, 3.8) is 0 Å². The minimum atomic E-state index is -0.888. The third-order valence-corrected chi connectivity index (χ3v) is 3.68. The summed E-state index contributed by atoms with van der Waals surface area (Å²) in [6.45, 7) is 1.42. The molecule has 0 spiro atoms. The van der Waals surface area contributed by atoms with E-state index in [0.717, 1.165) is 34.2 Å². The third kappa shape index (κ3) is 1.79. The van der Waals surface area contributed by atoms with Crippen LogP contribution >= 0.6 is 15.9 Å². The quantitative estimate of drug-likeness (QED) is 0.849. The van der Waals surface area contributed by atoms with Crippen LogP contribution < -0.4 is 5.32 Å². The molecule has 5 heteroatoms. The van der Waals surface area contributed by atoms with E-state index >= 15 is 0 Å². The van der Waals surface area contributed by atoms with Crippen molar-refractivity contribution < 1.29 is 9.90 Å². The van der Waals surface area contributed by atoms with Crippen molar-refractivity contribution in [3.05, 3.63) is 39.5 Å². The Morgan fingerprint density at radius 1 is 1.44 bits per heavy atom. The second kappa shape index (κ2) is 4.33. The lowest BCUT2D eigenvalue weighted by molar-refractivity contribution is 0.0697. The normalized spacial score (nSPS) is 14.5. The fraction of sp³-hybridized carbons (Fsp3) is 0.231. The van der Waals surface area contributed by atoms with Crippen LogP contribution in [0.5, 0.6) is 0 Å². The average Bonchev–Trinajstić information content (AvgIpc) is 2.35. The predicted molar refractivity (Wildman–Crippen MR) is 71.8 cm³/mol. The van der Waals surface area contributed by atoms with E-state index in [2.05, 4.69) is 26.2 Å². The molecule has 0 radical (unpaired) electrons. The Bertz CT molecular complexity index is 655. The molecule has 18 heavy (non-hydrogen) atoms. The molecule has 4 nitrogen and oxygen atoms in total. The van der Waals surface area contributed by atoms with E-state index in [1.165, 1.54) is 0 Å².